The normalized spacial score (nSPS) is 11.2. The summed E-state index contributed by atoms with van der Waals surface area (Å²) in [6.07, 6.45) is -0.432. The highest BCUT2D eigenvalue weighted by molar-refractivity contribution is 5.52. The summed E-state index contributed by atoms with van der Waals surface area (Å²) in [4.78, 5) is 0. The Kier molecular flexibility index (Phi) is 3.52. The molecule has 0 saturated heterocycles. The monoisotopic (exact) mass is 227 g/mol. The van der Waals surface area contributed by atoms with Crippen molar-refractivity contribution in [1.29, 1.82) is 0 Å². The van der Waals surface area contributed by atoms with E-state index in [1.165, 1.54) is 20.1 Å². The van der Waals surface area contributed by atoms with Crippen molar-refractivity contribution in [2.45, 2.75) is 19.3 Å². The molecule has 2 nitrogen and oxygen atoms in total. The van der Waals surface area contributed by atoms with Crippen LogP contribution < -0.4 is 10.5 Å². The summed E-state index contributed by atoms with van der Waals surface area (Å²) in [5, 5.41) is 0. The molecule has 0 aromatic heterocycles. The maximum Gasteiger partial charge on any atom is 0.272 e. The first-order chi connectivity index (χ1) is 7.36. The van der Waals surface area contributed by atoms with Crippen LogP contribution in [0.2, 0.25) is 0 Å². The Morgan fingerprint density at radius 1 is 1.50 bits per heavy atom. The molecule has 2 N–H and O–H groups in total. The molecule has 0 atom stereocenters. The van der Waals surface area contributed by atoms with Crippen LogP contribution in [-0.2, 0) is 6.42 Å². The van der Waals surface area contributed by atoms with Crippen LogP contribution in [0.15, 0.2) is 30.4 Å². The van der Waals surface area contributed by atoms with Crippen LogP contribution in [0.3, 0.4) is 0 Å². The summed E-state index contributed by atoms with van der Waals surface area (Å²) in [7, 11) is 1.50. The van der Waals surface area contributed by atoms with Gasteiger partial charge in [-0.1, -0.05) is 12.6 Å². The number of anilines is 1. The number of allylic oxidation sites excluding steroid dienone is 1. The Hall–Kier alpha value is -1.58. The molecule has 0 bridgehead atoms. The number of hydrogen-bond donors (Lipinski definition) is 1. The van der Waals surface area contributed by atoms with E-state index in [9.17, 15) is 8.78 Å². The van der Waals surface area contributed by atoms with Crippen molar-refractivity contribution in [2.75, 3.05) is 12.8 Å². The van der Waals surface area contributed by atoms with Crippen LogP contribution in [0, 0.1) is 0 Å². The van der Waals surface area contributed by atoms with E-state index in [0.29, 0.717) is 17.0 Å². The molecule has 0 amide bonds. The Morgan fingerprint density at radius 3 is 2.56 bits per heavy atom. The van der Waals surface area contributed by atoms with E-state index in [2.05, 4.69) is 6.58 Å². The molecule has 0 heterocycles. The van der Waals surface area contributed by atoms with Crippen molar-refractivity contribution in [3.8, 4) is 5.75 Å². The van der Waals surface area contributed by atoms with Gasteiger partial charge in [-0.15, -0.1) is 0 Å². The molecule has 4 heteroatoms. The van der Waals surface area contributed by atoms with Crippen LogP contribution >= 0.6 is 0 Å². The van der Waals surface area contributed by atoms with Crippen molar-refractivity contribution in [3.63, 3.8) is 0 Å². The quantitative estimate of drug-likeness (QED) is 0.633. The first-order valence-corrected chi connectivity index (χ1v) is 4.83. The smallest absolute Gasteiger partial charge is 0.272 e. The van der Waals surface area contributed by atoms with Gasteiger partial charge in [0.15, 0.2) is 0 Å². The Morgan fingerprint density at radius 2 is 2.12 bits per heavy atom. The van der Waals surface area contributed by atoms with Gasteiger partial charge in [-0.2, -0.15) is 0 Å². The SMILES string of the molecule is C=C(C)C(F)(F)Cc1ccc(OC)cc1N. The zero-order chi connectivity index (χ0) is 12.3. The number of ether oxygens (including phenoxy) is 1. The second kappa shape index (κ2) is 4.51. The molecule has 1 rings (SSSR count). The van der Waals surface area contributed by atoms with E-state index in [4.69, 9.17) is 10.5 Å². The molecular weight excluding hydrogens is 212 g/mol. The summed E-state index contributed by atoms with van der Waals surface area (Å²) in [5.74, 6) is -2.37. The van der Waals surface area contributed by atoms with Gasteiger partial charge in [0, 0.05) is 18.2 Å². The van der Waals surface area contributed by atoms with Crippen LogP contribution in [0.1, 0.15) is 12.5 Å². The molecule has 0 spiro atoms. The maximum atomic E-state index is 13.4. The second-order valence-corrected chi connectivity index (χ2v) is 3.73. The highest BCUT2D eigenvalue weighted by Crippen LogP contribution is 2.30. The van der Waals surface area contributed by atoms with Crippen LogP contribution in [0.5, 0.6) is 5.75 Å². The number of nitrogens with two attached hydrogens (primary N) is 1. The van der Waals surface area contributed by atoms with Gasteiger partial charge in [0.25, 0.3) is 5.92 Å². The van der Waals surface area contributed by atoms with Gasteiger partial charge < -0.3 is 10.5 Å². The van der Waals surface area contributed by atoms with E-state index in [0.717, 1.165) is 0 Å². The number of benzene rings is 1. The van der Waals surface area contributed by atoms with E-state index >= 15 is 0 Å². The van der Waals surface area contributed by atoms with Crippen molar-refractivity contribution in [3.05, 3.63) is 35.9 Å². The number of methoxy groups -OCH3 is 1. The lowest BCUT2D eigenvalue weighted by atomic mass is 10.0. The summed E-state index contributed by atoms with van der Waals surface area (Å²) < 4.78 is 31.8. The minimum atomic E-state index is -2.93. The molecular formula is C12H15F2NO. The minimum absolute atomic E-state index is 0.164. The summed E-state index contributed by atoms with van der Waals surface area (Å²) in [5.41, 5.74) is 6.20. The lowest BCUT2D eigenvalue weighted by Gasteiger charge is -2.17. The topological polar surface area (TPSA) is 35.2 Å². The molecule has 0 aliphatic carbocycles. The second-order valence-electron chi connectivity index (χ2n) is 3.73. The third kappa shape index (κ3) is 2.72. The van der Waals surface area contributed by atoms with E-state index in [1.54, 1.807) is 12.1 Å². The fraction of sp³-hybridized carbons (Fsp3) is 0.333. The summed E-state index contributed by atoms with van der Waals surface area (Å²) in [6, 6.07) is 4.69. The largest absolute Gasteiger partial charge is 0.497 e. The van der Waals surface area contributed by atoms with Crippen molar-refractivity contribution in [2.24, 2.45) is 0 Å². The van der Waals surface area contributed by atoms with Gasteiger partial charge in [0.2, 0.25) is 0 Å². The molecule has 1 aromatic rings. The minimum Gasteiger partial charge on any atom is -0.497 e. The van der Waals surface area contributed by atoms with Gasteiger partial charge >= 0.3 is 0 Å². The number of hydrogen-bond acceptors (Lipinski definition) is 2. The highest BCUT2D eigenvalue weighted by Gasteiger charge is 2.30. The Balaban J connectivity index is 2.94. The van der Waals surface area contributed by atoms with E-state index in [-0.39, 0.29) is 5.57 Å². The summed E-state index contributed by atoms with van der Waals surface area (Å²) in [6.45, 7) is 4.58. The third-order valence-electron chi connectivity index (χ3n) is 2.39. The van der Waals surface area contributed by atoms with Crippen LogP contribution in [0.4, 0.5) is 14.5 Å². The standard InChI is InChI=1S/C12H15F2NO/c1-8(2)12(13,14)7-9-4-5-10(16-3)6-11(9)15/h4-6H,1,7,15H2,2-3H3. The molecule has 88 valence electrons. The van der Waals surface area contributed by atoms with Crippen LogP contribution in [-0.4, -0.2) is 13.0 Å². The van der Waals surface area contributed by atoms with Crippen molar-refractivity contribution >= 4 is 5.69 Å². The lowest BCUT2D eigenvalue weighted by Crippen LogP contribution is -2.21. The van der Waals surface area contributed by atoms with Gasteiger partial charge in [-0.25, -0.2) is 8.78 Å². The van der Waals surface area contributed by atoms with Gasteiger partial charge in [0.05, 0.1) is 7.11 Å². The van der Waals surface area contributed by atoms with Gasteiger partial charge in [0.1, 0.15) is 5.75 Å². The number of rotatable bonds is 4. The molecule has 16 heavy (non-hydrogen) atoms. The average molecular weight is 227 g/mol. The molecule has 0 aliphatic heterocycles. The van der Waals surface area contributed by atoms with Gasteiger partial charge in [-0.3, -0.25) is 0 Å². The molecule has 1 aromatic carbocycles. The summed E-state index contributed by atoms with van der Waals surface area (Å²) >= 11 is 0. The van der Waals surface area contributed by atoms with Crippen LogP contribution in [0.25, 0.3) is 0 Å². The fourth-order valence-electron chi connectivity index (χ4n) is 1.25. The first-order valence-electron chi connectivity index (χ1n) is 4.83. The molecule has 0 radical (unpaired) electrons. The molecule has 0 fully saturated rings. The number of alkyl halides is 2. The average Bonchev–Trinajstić information content (AvgIpc) is 2.20. The fourth-order valence-corrected chi connectivity index (χ4v) is 1.25. The number of halogens is 2. The van der Waals surface area contributed by atoms with E-state index in [1.807, 2.05) is 0 Å². The zero-order valence-electron chi connectivity index (χ0n) is 9.39. The van der Waals surface area contributed by atoms with E-state index < -0.39 is 12.3 Å². The maximum absolute atomic E-state index is 13.4. The predicted molar refractivity (Wildman–Crippen MR) is 60.9 cm³/mol. The third-order valence-corrected chi connectivity index (χ3v) is 2.39. The Bertz CT molecular complexity index is 402. The molecule has 0 saturated carbocycles. The predicted octanol–water partition coefficient (Wildman–Crippen LogP) is 3.03. The zero-order valence-corrected chi connectivity index (χ0v) is 9.39. The highest BCUT2D eigenvalue weighted by atomic mass is 19.3. The lowest BCUT2D eigenvalue weighted by molar-refractivity contribution is 0.0429. The van der Waals surface area contributed by atoms with Crippen molar-refractivity contribution < 1.29 is 13.5 Å². The van der Waals surface area contributed by atoms with Gasteiger partial charge in [-0.05, 0) is 24.1 Å². The van der Waals surface area contributed by atoms with Crippen molar-refractivity contribution in [1.82, 2.24) is 0 Å². The first kappa shape index (κ1) is 12.5. The molecule has 0 unspecified atom stereocenters. The number of nitrogen functional groups attached to an aromatic ring is 1. The molecule has 0 aliphatic rings. The Labute approximate surface area is 93.7 Å².